The van der Waals surface area contributed by atoms with Gasteiger partial charge in [0.2, 0.25) is 0 Å². The Kier molecular flexibility index (Phi) is 5.77. The Morgan fingerprint density at radius 1 is 0.778 bits per heavy atom. The average Bonchev–Trinajstić information content (AvgIpc) is 3.01. The molecule has 2 rings (SSSR count). The summed E-state index contributed by atoms with van der Waals surface area (Å²) in [5.41, 5.74) is 0. The molecule has 0 aromatic carbocycles. The number of hydrogen-bond donors (Lipinski definition) is 0. The molecule has 0 saturated heterocycles. The minimum atomic E-state index is 0.779. The van der Waals surface area contributed by atoms with Gasteiger partial charge in [-0.1, -0.05) is 47.0 Å². The van der Waals surface area contributed by atoms with Crippen molar-refractivity contribution in [3.05, 3.63) is 26.8 Å². The molecule has 8 heteroatoms. The maximum Gasteiger partial charge on any atom is 0.158 e. The Morgan fingerprint density at radius 2 is 1.17 bits per heavy atom. The van der Waals surface area contributed by atoms with Crippen LogP contribution in [-0.2, 0) is 9.59 Å². The van der Waals surface area contributed by atoms with E-state index >= 15 is 0 Å². The van der Waals surface area contributed by atoms with E-state index in [9.17, 15) is 9.59 Å². The van der Waals surface area contributed by atoms with Crippen LogP contribution in [-0.4, -0.2) is 25.1 Å². The summed E-state index contributed by atoms with van der Waals surface area (Å²) in [6, 6.07) is 0. The molecule has 0 N–H and O–H groups in total. The summed E-state index contributed by atoms with van der Waals surface area (Å²) in [5, 5.41) is 0. The average molecular weight is 353 g/mol. The predicted octanol–water partition coefficient (Wildman–Crippen LogP) is 4.54. The van der Waals surface area contributed by atoms with E-state index in [-0.39, 0.29) is 0 Å². The van der Waals surface area contributed by atoms with E-state index < -0.39 is 0 Å². The normalized spacial score (nSPS) is 24.1. The van der Waals surface area contributed by atoms with E-state index in [1.54, 1.807) is 47.0 Å². The van der Waals surface area contributed by atoms with Gasteiger partial charge >= 0.3 is 0 Å². The van der Waals surface area contributed by atoms with Gasteiger partial charge in [0.15, 0.2) is 12.6 Å². The van der Waals surface area contributed by atoms with Crippen LogP contribution in [0.1, 0.15) is 0 Å². The molecule has 0 amide bonds. The third kappa shape index (κ3) is 3.04. The number of carbonyl (C=O) groups excluding carboxylic acids is 2. The second-order valence-corrected chi connectivity index (χ2v) is 9.74. The fraction of sp³-hybridized carbons (Fsp3) is 0.200. The molecular formula is C10H8O2S6. The van der Waals surface area contributed by atoms with E-state index in [1.807, 2.05) is 12.5 Å². The zero-order valence-electron chi connectivity index (χ0n) is 9.42. The molecule has 0 fully saturated rings. The molecule has 0 aromatic heterocycles. The van der Waals surface area contributed by atoms with Crippen molar-refractivity contribution in [1.82, 2.24) is 0 Å². The second kappa shape index (κ2) is 6.90. The quantitative estimate of drug-likeness (QED) is 0.682. The summed E-state index contributed by atoms with van der Waals surface area (Å²) in [7, 11) is 0. The first-order chi connectivity index (χ1) is 8.73. The molecule has 0 bridgehead atoms. The fourth-order valence-corrected chi connectivity index (χ4v) is 8.42. The third-order valence-electron chi connectivity index (χ3n) is 1.93. The van der Waals surface area contributed by atoms with Gasteiger partial charge in [-0.05, 0) is 12.5 Å². The molecule has 2 aliphatic rings. The van der Waals surface area contributed by atoms with Gasteiger partial charge in [-0.2, -0.15) is 0 Å². The molecule has 0 atom stereocenters. The summed E-state index contributed by atoms with van der Waals surface area (Å²) in [6.07, 6.45) is 5.75. The lowest BCUT2D eigenvalue weighted by atomic mass is 10.7. The van der Waals surface area contributed by atoms with E-state index in [1.165, 1.54) is 23.5 Å². The monoisotopic (exact) mass is 352 g/mol. The smallest absolute Gasteiger partial charge is 0.158 e. The molecular weight excluding hydrogens is 345 g/mol. The van der Waals surface area contributed by atoms with Gasteiger partial charge in [0.25, 0.3) is 0 Å². The van der Waals surface area contributed by atoms with Crippen LogP contribution in [0, 0.1) is 0 Å². The van der Waals surface area contributed by atoms with Crippen LogP contribution >= 0.6 is 70.6 Å². The van der Waals surface area contributed by atoms with Crippen molar-refractivity contribution in [2.45, 2.75) is 0 Å². The van der Waals surface area contributed by atoms with Crippen molar-refractivity contribution in [1.29, 1.82) is 0 Å². The number of allylic oxidation sites excluding steroid dienone is 2. The number of carbonyl (C=O) groups is 2. The van der Waals surface area contributed by atoms with Gasteiger partial charge in [-0.3, -0.25) is 9.59 Å². The van der Waals surface area contributed by atoms with Crippen LogP contribution in [0.5, 0.6) is 0 Å². The second-order valence-electron chi connectivity index (χ2n) is 2.93. The number of thioether (sulfide) groups is 6. The Hall–Kier alpha value is 0.660. The van der Waals surface area contributed by atoms with E-state index in [2.05, 4.69) is 0 Å². The highest BCUT2D eigenvalue weighted by atomic mass is 32.2. The predicted molar refractivity (Wildman–Crippen MR) is 90.6 cm³/mol. The molecule has 2 heterocycles. The molecule has 96 valence electrons. The molecule has 0 aromatic rings. The van der Waals surface area contributed by atoms with Crippen molar-refractivity contribution < 1.29 is 9.59 Å². The van der Waals surface area contributed by atoms with E-state index in [4.69, 9.17) is 0 Å². The van der Waals surface area contributed by atoms with Crippen molar-refractivity contribution >= 4 is 83.1 Å². The first-order valence-electron chi connectivity index (χ1n) is 4.66. The lowest BCUT2D eigenvalue weighted by Crippen LogP contribution is -1.74. The van der Waals surface area contributed by atoms with Crippen LogP contribution in [0.25, 0.3) is 0 Å². The summed E-state index contributed by atoms with van der Waals surface area (Å²) < 4.78 is 4.31. The fourth-order valence-electron chi connectivity index (χ4n) is 1.19. The maximum atomic E-state index is 11.0. The van der Waals surface area contributed by atoms with Gasteiger partial charge in [-0.25, -0.2) is 0 Å². The summed E-state index contributed by atoms with van der Waals surface area (Å²) in [4.78, 5) is 23.5. The van der Waals surface area contributed by atoms with Crippen molar-refractivity contribution in [2.24, 2.45) is 0 Å². The van der Waals surface area contributed by atoms with E-state index in [0.29, 0.717) is 0 Å². The Labute approximate surface area is 131 Å². The van der Waals surface area contributed by atoms with Gasteiger partial charge in [0, 0.05) is 0 Å². The van der Waals surface area contributed by atoms with Gasteiger partial charge < -0.3 is 0 Å². The summed E-state index contributed by atoms with van der Waals surface area (Å²) in [6.45, 7) is 0. The molecule has 0 saturated carbocycles. The Morgan fingerprint density at radius 3 is 1.39 bits per heavy atom. The van der Waals surface area contributed by atoms with Gasteiger partial charge in [0.1, 0.15) is 0 Å². The highest BCUT2D eigenvalue weighted by molar-refractivity contribution is 8.40. The minimum absolute atomic E-state index is 0.779. The number of rotatable bonds is 4. The maximum absolute atomic E-state index is 11.0. The SMILES string of the molecule is CSC1=C(C=O)S/C(=C2\SC(C=O)=C(SC)S2)S1. The molecule has 18 heavy (non-hydrogen) atoms. The van der Waals surface area contributed by atoms with E-state index in [0.717, 1.165) is 39.3 Å². The molecule has 2 aliphatic heterocycles. The zero-order valence-corrected chi connectivity index (χ0v) is 14.3. The van der Waals surface area contributed by atoms with Crippen LogP contribution in [0.15, 0.2) is 26.8 Å². The van der Waals surface area contributed by atoms with Crippen LogP contribution in [0.3, 0.4) is 0 Å². The van der Waals surface area contributed by atoms with Crippen LogP contribution in [0.4, 0.5) is 0 Å². The molecule has 0 unspecified atom stereocenters. The lowest BCUT2D eigenvalue weighted by Gasteiger charge is -2.01. The zero-order chi connectivity index (χ0) is 13.1. The highest BCUT2D eigenvalue weighted by Gasteiger charge is 2.29. The first-order valence-corrected chi connectivity index (χ1v) is 10.4. The topological polar surface area (TPSA) is 34.1 Å². The van der Waals surface area contributed by atoms with Gasteiger partial charge in [-0.15, -0.1) is 23.5 Å². The molecule has 0 aliphatic carbocycles. The molecule has 0 radical (unpaired) electrons. The van der Waals surface area contributed by atoms with Crippen molar-refractivity contribution in [3.8, 4) is 0 Å². The summed E-state index contributed by atoms with van der Waals surface area (Å²) in [5.74, 6) is 0. The van der Waals surface area contributed by atoms with Crippen molar-refractivity contribution in [3.63, 3.8) is 0 Å². The largest absolute Gasteiger partial charge is 0.297 e. The van der Waals surface area contributed by atoms with Crippen LogP contribution in [0.2, 0.25) is 0 Å². The Bertz CT molecular complexity index is 447. The molecule has 2 nitrogen and oxygen atoms in total. The van der Waals surface area contributed by atoms with Gasteiger partial charge in [0.05, 0.1) is 26.8 Å². The first kappa shape index (κ1) is 15.1. The third-order valence-corrected chi connectivity index (χ3v) is 10.1. The standard InChI is InChI=1S/C10H8O2S6/c1-13-7-5(3-11)15-9(17-7)10-16-6(4-12)8(14-2)18-10/h3-4H,1-2H3/b10-9-. The number of aldehydes is 2. The number of hydrogen-bond acceptors (Lipinski definition) is 8. The van der Waals surface area contributed by atoms with Crippen molar-refractivity contribution in [2.75, 3.05) is 12.5 Å². The minimum Gasteiger partial charge on any atom is -0.297 e. The Balaban J connectivity index is 2.19. The summed E-state index contributed by atoms with van der Waals surface area (Å²) >= 11 is 9.44. The van der Waals surface area contributed by atoms with Crippen LogP contribution < -0.4 is 0 Å². The highest BCUT2D eigenvalue weighted by Crippen LogP contribution is 2.61. The lowest BCUT2D eigenvalue weighted by molar-refractivity contribution is -0.105. The molecule has 0 spiro atoms.